The van der Waals surface area contributed by atoms with Crippen molar-refractivity contribution in [1.29, 1.82) is 0 Å². The molecule has 1 radical (unpaired) electrons. The maximum absolute atomic E-state index is 10.1. The summed E-state index contributed by atoms with van der Waals surface area (Å²) in [4.78, 5) is 0. The van der Waals surface area contributed by atoms with Crippen LogP contribution < -0.4 is 17.2 Å². The number of hydrogen-bond acceptors (Lipinski definition) is 15. The first kappa shape index (κ1) is 25.5. The first-order chi connectivity index (χ1) is 13.4. The van der Waals surface area contributed by atoms with Gasteiger partial charge in [-0.15, -0.1) is 0 Å². The van der Waals surface area contributed by atoms with Crippen molar-refractivity contribution in [1.82, 2.24) is 0 Å². The molecule has 0 saturated carbocycles. The summed E-state index contributed by atoms with van der Waals surface area (Å²) in [5.74, 6) is 0. The minimum Gasteiger partial charge on any atom is -0.980 e. The molecule has 16 nitrogen and oxygen atoms in total. The zero-order chi connectivity index (χ0) is 20.4. The second-order valence-electron chi connectivity index (χ2n) is 5.86. The molecule has 3 saturated heterocycles. The Bertz CT molecular complexity index is 456. The summed E-state index contributed by atoms with van der Waals surface area (Å²) in [6, 6.07) is 0. The van der Waals surface area contributed by atoms with Crippen molar-refractivity contribution in [2.75, 3.05) is 39.5 Å². The quantitative estimate of drug-likeness (QED) is 0.137. The summed E-state index contributed by atoms with van der Waals surface area (Å²) in [5, 5.41) is 30.3. The average molecular weight is 467 g/mol. The standard InChI is InChI=1S/C6H21B6N3O13.Co/c13-1-4-19-10-22-7(16)24-11(20-5-2-14)26-9(18)27-12(28(10)11,21-6-3-15)25-8(17)23-10;/h16-18H,1-6,13-15H2;/q-2;+2. The summed E-state index contributed by atoms with van der Waals surface area (Å²) < 4.78 is 50.0. The van der Waals surface area contributed by atoms with Crippen molar-refractivity contribution in [3.8, 4) is 0 Å². The van der Waals surface area contributed by atoms with Gasteiger partial charge in [-0.1, -0.05) is 0 Å². The zero-order valence-electron chi connectivity index (χ0n) is 15.2. The Labute approximate surface area is 177 Å². The van der Waals surface area contributed by atoms with Gasteiger partial charge < -0.3 is 77.8 Å². The molecule has 0 spiro atoms. The van der Waals surface area contributed by atoms with Gasteiger partial charge in [0.05, 0.1) is 0 Å². The molecule has 23 heteroatoms. The summed E-state index contributed by atoms with van der Waals surface area (Å²) in [7, 11) is -6.13. The second-order valence-corrected chi connectivity index (χ2v) is 5.86. The van der Waals surface area contributed by atoms with E-state index >= 15 is 0 Å². The summed E-state index contributed by atoms with van der Waals surface area (Å²) >= 11 is 0. The van der Waals surface area contributed by atoms with Crippen LogP contribution in [0, 0.1) is 0 Å². The van der Waals surface area contributed by atoms with Gasteiger partial charge in [-0.2, -0.15) is 0 Å². The monoisotopic (exact) mass is 468 g/mol. The van der Waals surface area contributed by atoms with Gasteiger partial charge in [-0.3, -0.25) is 0 Å². The Morgan fingerprint density at radius 3 is 1.07 bits per heavy atom. The molecule has 0 aromatic carbocycles. The van der Waals surface area contributed by atoms with Gasteiger partial charge in [0, 0.05) is 39.5 Å². The minimum atomic E-state index is -3.39. The number of rotatable bonds is 9. The van der Waals surface area contributed by atoms with Gasteiger partial charge in [0.15, 0.2) is 0 Å². The normalized spacial score (nSPS) is 34.8. The minimum absolute atomic E-state index is 0. The molecule has 0 aromatic heterocycles. The Balaban J connectivity index is 0.00000300. The molecule has 3 heterocycles. The maximum atomic E-state index is 10.1. The molecule has 165 valence electrons. The third kappa shape index (κ3) is 4.87. The molecule has 0 bridgehead atoms. The van der Waals surface area contributed by atoms with Crippen molar-refractivity contribution in [3.63, 3.8) is 0 Å². The van der Waals surface area contributed by atoms with Crippen molar-refractivity contribution in [2.45, 2.75) is 0 Å². The Morgan fingerprint density at radius 1 is 0.621 bits per heavy atom. The topological polar surface area (TPSA) is 225 Å². The summed E-state index contributed by atoms with van der Waals surface area (Å²) in [5.41, 5.74) is 16.4. The van der Waals surface area contributed by atoms with E-state index in [0.29, 0.717) is 0 Å². The Kier molecular flexibility index (Phi) is 9.02. The van der Waals surface area contributed by atoms with Crippen molar-refractivity contribution in [2.24, 2.45) is 17.2 Å². The molecule has 0 aliphatic carbocycles. The van der Waals surface area contributed by atoms with Crippen LogP contribution in [0.2, 0.25) is 0 Å². The van der Waals surface area contributed by atoms with Gasteiger partial charge in [0.25, 0.3) is 0 Å². The number of nitrogens with two attached hydrogens (primary N) is 3. The van der Waals surface area contributed by atoms with E-state index in [9.17, 15) is 15.1 Å². The van der Waals surface area contributed by atoms with Crippen LogP contribution in [0.25, 0.3) is 0 Å². The van der Waals surface area contributed by atoms with Crippen LogP contribution in [-0.2, 0) is 62.3 Å². The number of hydrogen-bond donors (Lipinski definition) is 6. The molecule has 3 fully saturated rings. The zero-order valence-corrected chi connectivity index (χ0v) is 16.2. The molecule has 0 amide bonds. The van der Waals surface area contributed by atoms with E-state index in [2.05, 4.69) is 0 Å². The molecule has 9 N–H and O–H groups in total. The molecular formula is C6H21B6CoN3O13. The molecule has 0 aromatic rings. The third-order valence-corrected chi connectivity index (χ3v) is 4.02. The van der Waals surface area contributed by atoms with Crippen molar-refractivity contribution in [3.05, 3.63) is 0 Å². The van der Waals surface area contributed by atoms with Crippen LogP contribution in [0.3, 0.4) is 0 Å². The van der Waals surface area contributed by atoms with Crippen molar-refractivity contribution >= 4 is 42.8 Å². The van der Waals surface area contributed by atoms with Gasteiger partial charge in [-0.05, 0) is 0 Å². The molecule has 0 unspecified atom stereocenters. The summed E-state index contributed by atoms with van der Waals surface area (Å²) in [6.07, 6.45) is 0. The van der Waals surface area contributed by atoms with Crippen LogP contribution in [0.5, 0.6) is 0 Å². The first-order valence-corrected chi connectivity index (χ1v) is 8.61. The van der Waals surface area contributed by atoms with Crippen LogP contribution >= 0.6 is 0 Å². The van der Waals surface area contributed by atoms with E-state index < -0.39 is 42.8 Å². The molecule has 3 aliphatic rings. The van der Waals surface area contributed by atoms with E-state index in [1.807, 2.05) is 4.12 Å². The fourth-order valence-corrected chi connectivity index (χ4v) is 3.15. The van der Waals surface area contributed by atoms with E-state index in [1.54, 1.807) is 0 Å². The smallest absolute Gasteiger partial charge is 0.980 e. The van der Waals surface area contributed by atoms with Crippen molar-refractivity contribution < 1.29 is 77.4 Å². The van der Waals surface area contributed by atoms with E-state index in [1.165, 1.54) is 0 Å². The molecular weight excluding hydrogens is 446 g/mol. The van der Waals surface area contributed by atoms with Crippen LogP contribution in [0.4, 0.5) is 0 Å². The first-order valence-electron chi connectivity index (χ1n) is 8.61. The Morgan fingerprint density at radius 2 is 0.862 bits per heavy atom. The van der Waals surface area contributed by atoms with E-state index in [4.69, 9.17) is 58.6 Å². The fraction of sp³-hybridized carbons (Fsp3) is 1.00. The Hall–Kier alpha value is 0.256. The average Bonchev–Trinajstić information content (AvgIpc) is 2.61. The largest absolute Gasteiger partial charge is 2.00 e. The van der Waals surface area contributed by atoms with Gasteiger partial charge in [0.1, 0.15) is 0 Å². The predicted octanol–water partition coefficient (Wildman–Crippen LogP) is -6.16. The van der Waals surface area contributed by atoms with Gasteiger partial charge >= 0.3 is 59.6 Å². The maximum Gasteiger partial charge on any atom is 2.00 e. The van der Waals surface area contributed by atoms with E-state index in [-0.39, 0.29) is 56.2 Å². The SMILES string of the molecule is NCCO[B-]12OB(O)O[B-]3(OCCN)OB(O)O[B-](OCCN)(OB(O)O1)[O+]23.[Co+2]. The van der Waals surface area contributed by atoms with Gasteiger partial charge in [-0.25, -0.2) is 0 Å². The fourth-order valence-electron chi connectivity index (χ4n) is 3.15. The molecule has 0 atom stereocenters. The predicted molar refractivity (Wildman–Crippen MR) is 93.8 cm³/mol. The summed E-state index contributed by atoms with van der Waals surface area (Å²) in [6.45, 7) is -10.7. The van der Waals surface area contributed by atoms with E-state index in [0.717, 1.165) is 0 Å². The van der Waals surface area contributed by atoms with Crippen LogP contribution in [0.1, 0.15) is 0 Å². The van der Waals surface area contributed by atoms with Gasteiger partial charge in [0.2, 0.25) is 0 Å². The second kappa shape index (κ2) is 10.2. The molecule has 29 heavy (non-hydrogen) atoms. The van der Waals surface area contributed by atoms with Crippen LogP contribution in [0.15, 0.2) is 0 Å². The molecule has 3 aliphatic heterocycles. The molecule has 3 rings (SSSR count). The van der Waals surface area contributed by atoms with Crippen LogP contribution in [-0.4, -0.2) is 97.4 Å². The third-order valence-electron chi connectivity index (χ3n) is 4.02.